The van der Waals surface area contributed by atoms with Crippen LogP contribution in [-0.4, -0.2) is 32.3 Å². The molecule has 128 valence electrons. The van der Waals surface area contributed by atoms with Gasteiger partial charge in [0.1, 0.15) is 11.5 Å². The monoisotopic (exact) mass is 349 g/mol. The second-order valence-electron chi connectivity index (χ2n) is 5.47. The van der Waals surface area contributed by atoms with Gasteiger partial charge in [0.2, 0.25) is 0 Å². The van der Waals surface area contributed by atoms with Crippen LogP contribution in [0.3, 0.4) is 0 Å². The van der Waals surface area contributed by atoms with Crippen LogP contribution in [0.15, 0.2) is 39.9 Å². The number of amides is 1. The number of rotatable bonds is 6. The fourth-order valence-corrected chi connectivity index (χ4v) is 2.12. The van der Waals surface area contributed by atoms with Crippen LogP contribution in [0.2, 0.25) is 5.02 Å². The molecule has 6 nitrogen and oxygen atoms in total. The summed E-state index contributed by atoms with van der Waals surface area (Å²) >= 11 is 5.90. The Morgan fingerprint density at radius 3 is 2.75 bits per heavy atom. The maximum absolute atomic E-state index is 12.0. The molecule has 7 heteroatoms. The molecule has 0 bridgehead atoms. The zero-order valence-corrected chi connectivity index (χ0v) is 14.8. The molecule has 1 atom stereocenters. The molecule has 1 aromatic heterocycles. The van der Waals surface area contributed by atoms with Crippen LogP contribution < -0.4 is 15.1 Å². The molecule has 0 unspecified atom stereocenters. The maximum atomic E-state index is 12.0. The minimum Gasteiger partial charge on any atom is -0.481 e. The first-order valence-corrected chi connectivity index (χ1v) is 7.77. The number of aryl methyl sites for hydroxylation is 1. The highest BCUT2D eigenvalue weighted by molar-refractivity contribution is 6.30. The second-order valence-corrected chi connectivity index (χ2v) is 5.91. The molecule has 0 aliphatic rings. The van der Waals surface area contributed by atoms with Gasteiger partial charge in [0.25, 0.3) is 5.91 Å². The number of hydrogen-bond donors (Lipinski definition) is 1. The van der Waals surface area contributed by atoms with Crippen molar-refractivity contribution in [2.45, 2.75) is 20.0 Å². The molecule has 0 aliphatic carbocycles. The molecule has 0 aliphatic heterocycles. The summed E-state index contributed by atoms with van der Waals surface area (Å²) in [4.78, 5) is 13.8. The van der Waals surface area contributed by atoms with Gasteiger partial charge in [-0.1, -0.05) is 11.6 Å². The number of nitrogens with one attached hydrogen (secondary N) is 1. The Balaban J connectivity index is 1.90. The van der Waals surface area contributed by atoms with E-state index in [0.29, 0.717) is 22.4 Å². The molecule has 1 heterocycles. The molecule has 1 N–H and O–H groups in total. The summed E-state index contributed by atoms with van der Waals surface area (Å²) in [6, 6.07) is 8.81. The number of ether oxygens (including phenoxy) is 1. The van der Waals surface area contributed by atoms with Gasteiger partial charge in [0.15, 0.2) is 12.0 Å². The van der Waals surface area contributed by atoms with Crippen molar-refractivity contribution in [2.75, 3.05) is 19.0 Å². The number of carbonyl (C=O) groups excluding carboxylic acids is 1. The first kappa shape index (κ1) is 17.9. The molecule has 0 spiro atoms. The highest BCUT2D eigenvalue weighted by Crippen LogP contribution is 2.22. The van der Waals surface area contributed by atoms with Crippen molar-refractivity contribution in [2.24, 2.45) is 5.10 Å². The lowest BCUT2D eigenvalue weighted by Gasteiger charge is -2.14. The van der Waals surface area contributed by atoms with E-state index in [2.05, 4.69) is 10.5 Å². The van der Waals surface area contributed by atoms with Gasteiger partial charge in [-0.25, -0.2) is 5.43 Å². The first-order valence-electron chi connectivity index (χ1n) is 7.39. The van der Waals surface area contributed by atoms with Crippen molar-refractivity contribution in [1.29, 1.82) is 0 Å². The van der Waals surface area contributed by atoms with Gasteiger partial charge in [0, 0.05) is 25.2 Å². The second kappa shape index (κ2) is 7.88. The Morgan fingerprint density at radius 2 is 2.12 bits per heavy atom. The largest absolute Gasteiger partial charge is 0.481 e. The summed E-state index contributed by atoms with van der Waals surface area (Å²) < 4.78 is 11.1. The van der Waals surface area contributed by atoms with Crippen LogP contribution >= 0.6 is 11.6 Å². The quantitative estimate of drug-likeness (QED) is 0.642. The normalized spacial score (nSPS) is 12.2. The number of hydrazone groups is 1. The van der Waals surface area contributed by atoms with E-state index in [1.165, 1.54) is 6.21 Å². The van der Waals surface area contributed by atoms with Crippen molar-refractivity contribution in [3.8, 4) is 5.75 Å². The topological polar surface area (TPSA) is 67.1 Å². The lowest BCUT2D eigenvalue weighted by atomic mass is 10.2. The molecule has 0 saturated carbocycles. The minimum atomic E-state index is -0.698. The van der Waals surface area contributed by atoms with Crippen LogP contribution in [-0.2, 0) is 4.79 Å². The zero-order chi connectivity index (χ0) is 17.7. The van der Waals surface area contributed by atoms with Gasteiger partial charge in [-0.15, -0.1) is 0 Å². The summed E-state index contributed by atoms with van der Waals surface area (Å²) in [6.45, 7) is 3.51. The van der Waals surface area contributed by atoms with E-state index in [1.54, 1.807) is 31.2 Å². The standard InChI is InChI=1S/C17H20ClN3O3/c1-11-9-13(18)5-7-15(11)23-12(2)17(22)20-19-10-14-6-8-16(24-14)21(3)4/h5-10,12H,1-4H3,(H,20,22)/b19-10-/t12-/m1/s1. The van der Waals surface area contributed by atoms with E-state index in [1.807, 2.05) is 32.0 Å². The van der Waals surface area contributed by atoms with Crippen LogP contribution in [0.25, 0.3) is 0 Å². The van der Waals surface area contributed by atoms with Gasteiger partial charge < -0.3 is 14.1 Å². The Morgan fingerprint density at radius 1 is 1.38 bits per heavy atom. The lowest BCUT2D eigenvalue weighted by molar-refractivity contribution is -0.127. The Hall–Kier alpha value is -2.47. The van der Waals surface area contributed by atoms with Gasteiger partial charge in [-0.2, -0.15) is 5.10 Å². The molecule has 2 aromatic rings. The molecule has 0 radical (unpaired) electrons. The number of benzene rings is 1. The van der Waals surface area contributed by atoms with Crippen molar-refractivity contribution >= 4 is 29.6 Å². The third-order valence-electron chi connectivity index (χ3n) is 3.23. The SMILES string of the molecule is Cc1cc(Cl)ccc1O[C@H](C)C(=O)N/N=C\c1ccc(N(C)C)o1. The van der Waals surface area contributed by atoms with E-state index in [0.717, 1.165) is 5.56 Å². The third kappa shape index (κ3) is 4.76. The number of hydrogen-bond acceptors (Lipinski definition) is 5. The molecular formula is C17H20ClN3O3. The van der Waals surface area contributed by atoms with E-state index in [4.69, 9.17) is 20.8 Å². The van der Waals surface area contributed by atoms with Crippen LogP contribution in [0.5, 0.6) is 5.75 Å². The molecule has 0 saturated heterocycles. The fourth-order valence-electron chi connectivity index (χ4n) is 1.89. The molecule has 2 rings (SSSR count). The summed E-state index contributed by atoms with van der Waals surface area (Å²) in [5.41, 5.74) is 3.29. The number of nitrogens with zero attached hydrogens (tertiary/aromatic N) is 2. The van der Waals surface area contributed by atoms with E-state index in [-0.39, 0.29) is 5.91 Å². The average Bonchev–Trinajstić information content (AvgIpc) is 2.99. The number of carbonyl (C=O) groups is 1. The molecule has 1 aromatic carbocycles. The molecule has 24 heavy (non-hydrogen) atoms. The minimum absolute atomic E-state index is 0.361. The van der Waals surface area contributed by atoms with Crippen LogP contribution in [0.1, 0.15) is 18.2 Å². The van der Waals surface area contributed by atoms with Crippen molar-refractivity contribution in [3.05, 3.63) is 46.7 Å². The van der Waals surface area contributed by atoms with Gasteiger partial charge >= 0.3 is 0 Å². The molecular weight excluding hydrogens is 330 g/mol. The number of furan rings is 1. The van der Waals surface area contributed by atoms with Crippen molar-refractivity contribution in [1.82, 2.24) is 5.43 Å². The average molecular weight is 350 g/mol. The van der Waals surface area contributed by atoms with E-state index in [9.17, 15) is 4.79 Å². The van der Waals surface area contributed by atoms with Crippen molar-refractivity contribution < 1.29 is 13.9 Å². The predicted molar refractivity (Wildman–Crippen MR) is 95.1 cm³/mol. The number of halogens is 1. The zero-order valence-electron chi connectivity index (χ0n) is 14.0. The van der Waals surface area contributed by atoms with E-state index >= 15 is 0 Å². The summed E-state index contributed by atoms with van der Waals surface area (Å²) in [6.07, 6.45) is 0.737. The smallest absolute Gasteiger partial charge is 0.280 e. The summed E-state index contributed by atoms with van der Waals surface area (Å²) in [5, 5.41) is 4.50. The molecule has 0 fully saturated rings. The van der Waals surface area contributed by atoms with Crippen LogP contribution in [0, 0.1) is 6.92 Å². The van der Waals surface area contributed by atoms with Crippen LogP contribution in [0.4, 0.5) is 5.88 Å². The highest BCUT2D eigenvalue weighted by atomic mass is 35.5. The maximum Gasteiger partial charge on any atom is 0.280 e. The summed E-state index contributed by atoms with van der Waals surface area (Å²) in [7, 11) is 3.75. The van der Waals surface area contributed by atoms with Gasteiger partial charge in [-0.05, 0) is 43.7 Å². The van der Waals surface area contributed by atoms with Gasteiger partial charge in [0.05, 0.1) is 6.21 Å². The molecule has 1 amide bonds. The highest BCUT2D eigenvalue weighted by Gasteiger charge is 2.15. The van der Waals surface area contributed by atoms with Gasteiger partial charge in [-0.3, -0.25) is 4.79 Å². The predicted octanol–water partition coefficient (Wildman–Crippen LogP) is 3.23. The summed E-state index contributed by atoms with van der Waals surface area (Å²) in [5.74, 6) is 1.49. The fraction of sp³-hybridized carbons (Fsp3) is 0.294. The Kier molecular flexibility index (Phi) is 5.87. The van der Waals surface area contributed by atoms with E-state index < -0.39 is 6.10 Å². The Labute approximate surface area is 146 Å². The third-order valence-corrected chi connectivity index (χ3v) is 3.46. The number of anilines is 1. The lowest BCUT2D eigenvalue weighted by Crippen LogP contribution is -2.33. The Bertz CT molecular complexity index is 740. The first-order chi connectivity index (χ1) is 11.4. The van der Waals surface area contributed by atoms with Crippen molar-refractivity contribution in [3.63, 3.8) is 0 Å².